The van der Waals surface area contributed by atoms with Gasteiger partial charge in [0, 0.05) is 38.7 Å². The zero-order valence-corrected chi connectivity index (χ0v) is 31.7. The molecule has 55 heavy (non-hydrogen) atoms. The Morgan fingerprint density at radius 3 is 1.64 bits per heavy atom. The summed E-state index contributed by atoms with van der Waals surface area (Å²) in [4.78, 5) is 10.7. The lowest BCUT2D eigenvalue weighted by Crippen LogP contribution is -2.05. The molecule has 0 fully saturated rings. The fourth-order valence-corrected chi connectivity index (χ4v) is 9.82. The molecule has 0 radical (unpaired) electrons. The fraction of sp³-hybridized carbons (Fsp3) is 0.115. The van der Waals surface area contributed by atoms with Gasteiger partial charge in [0.2, 0.25) is 0 Å². The first kappa shape index (κ1) is 31.9. The largest absolute Gasteiger partial charge is 0.309 e. The maximum Gasteiger partial charge on any atom is 0.0979 e. The lowest BCUT2D eigenvalue weighted by molar-refractivity contribution is 0.918. The maximum absolute atomic E-state index is 5.47. The molecule has 0 aliphatic heterocycles. The zero-order valence-electron chi connectivity index (χ0n) is 31.7. The number of fused-ring (bicyclic) bond motifs is 12. The van der Waals surface area contributed by atoms with Gasteiger partial charge in [0.05, 0.1) is 34.0 Å². The Morgan fingerprint density at radius 1 is 0.473 bits per heavy atom. The summed E-state index contributed by atoms with van der Waals surface area (Å²) in [6.07, 6.45) is 1.96. The van der Waals surface area contributed by atoms with Gasteiger partial charge in [-0.1, -0.05) is 115 Å². The Morgan fingerprint density at radius 2 is 1.04 bits per heavy atom. The number of hydrogen-bond acceptors (Lipinski definition) is 2. The van der Waals surface area contributed by atoms with Crippen LogP contribution in [0, 0.1) is 27.7 Å². The van der Waals surface area contributed by atoms with E-state index in [1.807, 2.05) is 6.20 Å². The first-order valence-electron chi connectivity index (χ1n) is 19.3. The Bertz CT molecular complexity index is 3220. The van der Waals surface area contributed by atoms with E-state index in [0.29, 0.717) is 0 Å². The van der Waals surface area contributed by atoms with Crippen molar-refractivity contribution in [3.8, 4) is 39.2 Å². The second-order valence-electron chi connectivity index (χ2n) is 15.7. The third-order valence-electron chi connectivity index (χ3n) is 12.1. The van der Waals surface area contributed by atoms with E-state index in [2.05, 4.69) is 173 Å². The van der Waals surface area contributed by atoms with Crippen molar-refractivity contribution in [3.05, 3.63) is 173 Å². The van der Waals surface area contributed by atoms with Crippen LogP contribution in [0.2, 0.25) is 0 Å². The Kier molecular flexibility index (Phi) is 6.79. The summed E-state index contributed by atoms with van der Waals surface area (Å²) in [6.45, 7) is 11.4. The molecule has 1 unspecified atom stereocenters. The van der Waals surface area contributed by atoms with Crippen molar-refractivity contribution < 1.29 is 0 Å². The van der Waals surface area contributed by atoms with Crippen molar-refractivity contribution in [1.82, 2.24) is 14.5 Å². The minimum absolute atomic E-state index is 0.207. The molecule has 1 aliphatic rings. The van der Waals surface area contributed by atoms with Crippen LogP contribution in [0.25, 0.3) is 93.6 Å². The monoisotopic (exact) mass is 705 g/mol. The predicted octanol–water partition coefficient (Wildman–Crippen LogP) is 13.7. The second kappa shape index (κ2) is 11.7. The number of benzene rings is 8. The van der Waals surface area contributed by atoms with Crippen molar-refractivity contribution in [2.45, 2.75) is 40.5 Å². The molecular weight excluding hydrogens is 667 g/mol. The molecule has 3 nitrogen and oxygen atoms in total. The lowest BCUT2D eigenvalue weighted by atomic mass is 9.80. The first-order chi connectivity index (χ1) is 26.8. The predicted molar refractivity (Wildman–Crippen MR) is 232 cm³/mol. The normalized spacial score (nSPS) is 13.7. The standard InChI is InChI=1S/C52H39N3/c1-29-21-31(3)49-35-17-19-40-44(26-35)45-27-36(50-32(4)22-30(2)24-43(50)33(5)42(49)23-29)18-20-41(45)52-51(40)53-28-46(54-52)34-11-10-12-37(25-34)55-47-15-8-6-13-38(47)39-14-7-9-16-48(39)55/h6-28,33H,1-5H3. The van der Waals surface area contributed by atoms with E-state index < -0.39 is 0 Å². The molecule has 11 rings (SSSR count). The van der Waals surface area contributed by atoms with Crippen LogP contribution in [0.15, 0.2) is 140 Å². The minimum atomic E-state index is 0.207. The van der Waals surface area contributed by atoms with E-state index >= 15 is 0 Å². The number of hydrogen-bond donors (Lipinski definition) is 0. The zero-order chi connectivity index (χ0) is 37.1. The maximum atomic E-state index is 5.47. The molecule has 1 aliphatic carbocycles. The summed E-state index contributed by atoms with van der Waals surface area (Å²) < 4.78 is 2.36. The summed E-state index contributed by atoms with van der Waals surface area (Å²) in [5.41, 5.74) is 20.4. The van der Waals surface area contributed by atoms with Crippen molar-refractivity contribution in [3.63, 3.8) is 0 Å². The lowest BCUT2D eigenvalue weighted by Gasteiger charge is -2.24. The van der Waals surface area contributed by atoms with Gasteiger partial charge >= 0.3 is 0 Å². The van der Waals surface area contributed by atoms with Crippen LogP contribution in [0.4, 0.5) is 0 Å². The molecule has 1 atom stereocenters. The van der Waals surface area contributed by atoms with E-state index in [1.165, 1.54) is 88.2 Å². The molecule has 0 N–H and O–H groups in total. The van der Waals surface area contributed by atoms with E-state index in [-0.39, 0.29) is 5.92 Å². The topological polar surface area (TPSA) is 30.7 Å². The van der Waals surface area contributed by atoms with Gasteiger partial charge in [0.25, 0.3) is 0 Å². The van der Waals surface area contributed by atoms with E-state index in [0.717, 1.165) is 38.8 Å². The third kappa shape index (κ3) is 4.69. The molecule has 3 heteroatoms. The van der Waals surface area contributed by atoms with Crippen LogP contribution in [-0.2, 0) is 0 Å². The van der Waals surface area contributed by atoms with Gasteiger partial charge in [-0.25, -0.2) is 4.98 Å². The van der Waals surface area contributed by atoms with Gasteiger partial charge < -0.3 is 4.57 Å². The van der Waals surface area contributed by atoms with Crippen molar-refractivity contribution in [2.24, 2.45) is 0 Å². The SMILES string of the molecule is Cc1cc(C)c2c(c1)C(C)c1cc(C)cc(C)c1-c1ccc3c(c1)c1cc-2ccc1c1ncc(-c2cccc(-n4c5ccccc5c5ccccc54)c2)nc31. The van der Waals surface area contributed by atoms with Gasteiger partial charge in [-0.15, -0.1) is 0 Å². The molecular formula is C52H39N3. The highest BCUT2D eigenvalue weighted by Crippen LogP contribution is 2.46. The van der Waals surface area contributed by atoms with Crippen LogP contribution in [0.5, 0.6) is 0 Å². The Hall–Kier alpha value is -6.58. The molecule has 0 saturated carbocycles. The molecule has 262 valence electrons. The summed E-state index contributed by atoms with van der Waals surface area (Å²) in [5, 5.41) is 7.17. The summed E-state index contributed by atoms with van der Waals surface area (Å²) in [5.74, 6) is 0.207. The average Bonchev–Trinajstić information content (AvgIpc) is 3.53. The molecule has 2 heterocycles. The number of rotatable bonds is 2. The van der Waals surface area contributed by atoms with Crippen molar-refractivity contribution in [1.29, 1.82) is 0 Å². The van der Waals surface area contributed by atoms with Gasteiger partial charge in [0.1, 0.15) is 0 Å². The van der Waals surface area contributed by atoms with Gasteiger partial charge in [0.15, 0.2) is 0 Å². The number of nitrogens with zero attached hydrogens (tertiary/aromatic N) is 3. The molecule has 10 aromatic rings. The first-order valence-corrected chi connectivity index (χ1v) is 19.3. The summed E-state index contributed by atoms with van der Waals surface area (Å²) in [7, 11) is 0. The van der Waals surface area contributed by atoms with Gasteiger partial charge in [-0.2, -0.15) is 0 Å². The van der Waals surface area contributed by atoms with E-state index in [1.54, 1.807) is 0 Å². The highest BCUT2D eigenvalue weighted by atomic mass is 15.0. The molecule has 0 saturated heterocycles. The molecule has 0 spiro atoms. The quantitative estimate of drug-likeness (QED) is 0.168. The van der Waals surface area contributed by atoms with Gasteiger partial charge in [-0.05, 0) is 119 Å². The van der Waals surface area contributed by atoms with E-state index in [9.17, 15) is 0 Å². The van der Waals surface area contributed by atoms with Crippen molar-refractivity contribution >= 4 is 54.4 Å². The number of aryl methyl sites for hydroxylation is 4. The number of aromatic nitrogens is 3. The van der Waals surface area contributed by atoms with Crippen LogP contribution >= 0.6 is 0 Å². The summed E-state index contributed by atoms with van der Waals surface area (Å²) >= 11 is 0. The van der Waals surface area contributed by atoms with E-state index in [4.69, 9.17) is 9.97 Å². The highest BCUT2D eigenvalue weighted by Gasteiger charge is 2.24. The second-order valence-corrected chi connectivity index (χ2v) is 15.7. The highest BCUT2D eigenvalue weighted by molar-refractivity contribution is 6.24. The van der Waals surface area contributed by atoms with Crippen LogP contribution in [-0.4, -0.2) is 14.5 Å². The smallest absolute Gasteiger partial charge is 0.0979 e. The fourth-order valence-electron chi connectivity index (χ4n) is 9.82. The number of para-hydroxylation sites is 2. The van der Waals surface area contributed by atoms with Crippen LogP contribution in [0.1, 0.15) is 46.2 Å². The Balaban J connectivity index is 1.18. The van der Waals surface area contributed by atoms with Crippen LogP contribution in [0.3, 0.4) is 0 Å². The van der Waals surface area contributed by atoms with Crippen LogP contribution < -0.4 is 0 Å². The van der Waals surface area contributed by atoms with Gasteiger partial charge in [-0.3, -0.25) is 4.98 Å². The molecule has 4 bridgehead atoms. The molecule has 2 aromatic heterocycles. The third-order valence-corrected chi connectivity index (χ3v) is 12.1. The Labute approximate surface area is 320 Å². The molecule has 8 aromatic carbocycles. The average molecular weight is 706 g/mol. The minimum Gasteiger partial charge on any atom is -0.309 e. The van der Waals surface area contributed by atoms with Crippen molar-refractivity contribution in [2.75, 3.05) is 0 Å². The summed E-state index contributed by atoms with van der Waals surface area (Å²) in [6, 6.07) is 49.5. The molecule has 0 amide bonds.